The summed E-state index contributed by atoms with van der Waals surface area (Å²) in [6.07, 6.45) is 8.21. The van der Waals surface area contributed by atoms with Gasteiger partial charge in [-0.3, -0.25) is 9.59 Å². The molecule has 0 unspecified atom stereocenters. The molecule has 2 aromatic heterocycles. The molecule has 0 radical (unpaired) electrons. The smallest absolute Gasteiger partial charge is 0.504 e. The van der Waals surface area contributed by atoms with Crippen LogP contribution in [0.4, 0.5) is 0 Å². The topological polar surface area (TPSA) is 136 Å². The molecule has 0 saturated heterocycles. The summed E-state index contributed by atoms with van der Waals surface area (Å²) in [4.78, 5) is 25.0. The van der Waals surface area contributed by atoms with E-state index in [1.807, 2.05) is 70.2 Å². The molecule has 2 aromatic carbocycles. The summed E-state index contributed by atoms with van der Waals surface area (Å²) in [6, 6.07) is 20.2. The number of carbonyl (C=O) groups excluding carboxylic acids is 2. The zero-order valence-electron chi connectivity index (χ0n) is 24.6. The molecule has 0 saturated carbocycles. The van der Waals surface area contributed by atoms with Crippen LogP contribution in [0.2, 0.25) is 0 Å². The highest BCUT2D eigenvalue weighted by molar-refractivity contribution is 6.58. The van der Waals surface area contributed by atoms with Crippen molar-refractivity contribution in [2.45, 2.75) is 26.4 Å². The summed E-state index contributed by atoms with van der Waals surface area (Å²) in [5.74, 6) is 0.113. The highest BCUT2D eigenvalue weighted by Gasteiger charge is 2.18. The quantitative estimate of drug-likeness (QED) is 0.0611. The number of pyridine rings is 2. The summed E-state index contributed by atoms with van der Waals surface area (Å²) >= 11 is 0. The van der Waals surface area contributed by atoms with Crippen LogP contribution in [-0.2, 0) is 17.9 Å². The minimum absolute atomic E-state index is 0.214. The fourth-order valence-corrected chi connectivity index (χ4v) is 4.63. The second kappa shape index (κ2) is 15.6. The second-order valence-electron chi connectivity index (χ2n) is 10.4. The maximum atomic E-state index is 13.2. The Labute approximate surface area is 257 Å². The molecule has 2 heterocycles. The first-order valence-corrected chi connectivity index (χ1v) is 14.2. The summed E-state index contributed by atoms with van der Waals surface area (Å²) in [7, 11) is -1.98. The minimum Gasteiger partial charge on any atom is -0.539 e. The molecule has 0 aliphatic heterocycles. The van der Waals surface area contributed by atoms with Gasteiger partial charge in [-0.1, -0.05) is 43.0 Å². The molecule has 0 atom stereocenters. The molecule has 0 fully saturated rings. The van der Waals surface area contributed by atoms with Crippen LogP contribution in [0.5, 0.6) is 5.75 Å². The summed E-state index contributed by atoms with van der Waals surface area (Å²) in [6.45, 7) is 7.01. The fourth-order valence-electron chi connectivity index (χ4n) is 4.63. The molecule has 12 heteroatoms. The third-order valence-corrected chi connectivity index (χ3v) is 6.80. The van der Waals surface area contributed by atoms with Crippen molar-refractivity contribution in [3.63, 3.8) is 0 Å². The summed E-state index contributed by atoms with van der Waals surface area (Å²) in [5.41, 5.74) is 4.81. The Morgan fingerprint density at radius 1 is 0.886 bits per heavy atom. The van der Waals surface area contributed by atoms with E-state index in [0.717, 1.165) is 22.3 Å². The highest BCUT2D eigenvalue weighted by atomic mass is 16.5. The van der Waals surface area contributed by atoms with Crippen molar-refractivity contribution in [1.82, 2.24) is 10.6 Å². The third kappa shape index (κ3) is 9.37. The molecule has 4 aromatic rings. The number of hydrogen-bond acceptors (Lipinski definition) is 6. The van der Waals surface area contributed by atoms with Crippen molar-refractivity contribution in [3.05, 3.63) is 120 Å². The van der Waals surface area contributed by atoms with Crippen LogP contribution < -0.4 is 29.9 Å². The maximum absolute atomic E-state index is 13.2. The van der Waals surface area contributed by atoms with Gasteiger partial charge < -0.3 is 30.4 Å². The Bertz CT molecular complexity index is 1630. The van der Waals surface area contributed by atoms with Gasteiger partial charge in [0.15, 0.2) is 37.9 Å². The number of rotatable bonds is 14. The SMILES string of the molecule is C=C(C)C(=O)NCCCNC(=O)c1cc(-c2ccc[n+](Cc3cccc(OBO)c3)c2)c[n+](Cc2cccc(B(O)O)c2)c1. The minimum atomic E-state index is -1.58. The monoisotopic (exact) mass is 594 g/mol. The van der Waals surface area contributed by atoms with Crippen LogP contribution in [0.15, 0.2) is 104 Å². The molecular formula is C32H36B2N4O6+2. The predicted molar refractivity (Wildman–Crippen MR) is 168 cm³/mol. The first-order chi connectivity index (χ1) is 21.2. The Morgan fingerprint density at radius 2 is 1.59 bits per heavy atom. The number of hydrogen-bond donors (Lipinski definition) is 5. The van der Waals surface area contributed by atoms with E-state index in [4.69, 9.17) is 9.68 Å². The first-order valence-electron chi connectivity index (χ1n) is 14.2. The van der Waals surface area contributed by atoms with Crippen molar-refractivity contribution in [3.8, 4) is 16.9 Å². The van der Waals surface area contributed by atoms with E-state index in [1.54, 1.807) is 37.4 Å². The Hall–Kier alpha value is -4.77. The van der Waals surface area contributed by atoms with E-state index in [-0.39, 0.29) is 11.8 Å². The Balaban J connectivity index is 1.58. The molecule has 44 heavy (non-hydrogen) atoms. The van der Waals surface area contributed by atoms with Crippen molar-refractivity contribution in [2.24, 2.45) is 0 Å². The van der Waals surface area contributed by atoms with Crippen LogP contribution in [-0.4, -0.2) is 54.8 Å². The number of nitrogens with zero attached hydrogens (tertiary/aromatic N) is 2. The lowest BCUT2D eigenvalue weighted by molar-refractivity contribution is -0.689. The van der Waals surface area contributed by atoms with Gasteiger partial charge in [0.05, 0.1) is 11.1 Å². The molecule has 0 bridgehead atoms. The van der Waals surface area contributed by atoms with Gasteiger partial charge in [0.1, 0.15) is 11.3 Å². The van der Waals surface area contributed by atoms with Crippen LogP contribution in [0.1, 0.15) is 34.8 Å². The zero-order valence-corrected chi connectivity index (χ0v) is 24.6. The Kier molecular flexibility index (Phi) is 11.4. The molecule has 10 nitrogen and oxygen atoms in total. The molecule has 0 spiro atoms. The number of benzene rings is 2. The molecule has 224 valence electrons. The van der Waals surface area contributed by atoms with Gasteiger partial charge in [0.25, 0.3) is 5.91 Å². The van der Waals surface area contributed by atoms with Gasteiger partial charge in [0, 0.05) is 35.9 Å². The highest BCUT2D eigenvalue weighted by Crippen LogP contribution is 2.18. The van der Waals surface area contributed by atoms with Crippen LogP contribution in [0.3, 0.4) is 0 Å². The molecule has 5 N–H and O–H groups in total. The first kappa shape index (κ1) is 32.2. The van der Waals surface area contributed by atoms with Crippen molar-refractivity contribution >= 4 is 32.1 Å². The fraction of sp³-hybridized carbons (Fsp3) is 0.188. The van der Waals surface area contributed by atoms with Gasteiger partial charge in [-0.25, -0.2) is 4.57 Å². The number of nitrogens with one attached hydrogen (secondary N) is 2. The number of carbonyl (C=O) groups is 2. The van der Waals surface area contributed by atoms with E-state index in [1.165, 1.54) is 0 Å². The molecule has 0 aliphatic carbocycles. The van der Waals surface area contributed by atoms with Crippen molar-refractivity contribution < 1.29 is 38.4 Å². The van der Waals surface area contributed by atoms with E-state index in [9.17, 15) is 19.6 Å². The van der Waals surface area contributed by atoms with Crippen LogP contribution in [0, 0.1) is 0 Å². The van der Waals surface area contributed by atoms with E-state index in [2.05, 4.69) is 17.2 Å². The van der Waals surface area contributed by atoms with Crippen molar-refractivity contribution in [1.29, 1.82) is 0 Å². The van der Waals surface area contributed by atoms with Crippen LogP contribution >= 0.6 is 0 Å². The lowest BCUT2D eigenvalue weighted by Crippen LogP contribution is -2.38. The van der Waals surface area contributed by atoms with Crippen LogP contribution in [0.25, 0.3) is 11.1 Å². The molecule has 2 amide bonds. The standard InChI is InChI=1S/C32H34B2N4O6/c1-23(2)31(39)35-12-6-13-36-32(40)28-17-27(21-38(22-28)19-24-7-3-10-29(15-24)34(42)43)26-9-5-14-37(20-26)18-25-8-4-11-30(16-25)44-33-41/h3-5,7-11,14-17,20-22,33,41-43H,1,6,12-13,18-19H2,2H3/p+2. The van der Waals surface area contributed by atoms with Crippen molar-refractivity contribution in [2.75, 3.05) is 13.1 Å². The van der Waals surface area contributed by atoms with Gasteiger partial charge >= 0.3 is 14.8 Å². The van der Waals surface area contributed by atoms with E-state index < -0.39 is 14.8 Å². The molecule has 0 aliphatic rings. The van der Waals surface area contributed by atoms with Gasteiger partial charge in [-0.15, -0.1) is 0 Å². The van der Waals surface area contributed by atoms with E-state index in [0.29, 0.717) is 54.9 Å². The molecule has 4 rings (SSSR count). The largest absolute Gasteiger partial charge is 0.539 e. The maximum Gasteiger partial charge on any atom is 0.504 e. The normalized spacial score (nSPS) is 10.5. The average Bonchev–Trinajstić information content (AvgIpc) is 3.01. The van der Waals surface area contributed by atoms with Gasteiger partial charge in [0.2, 0.25) is 5.91 Å². The predicted octanol–water partition coefficient (Wildman–Crippen LogP) is 0.155. The lowest BCUT2D eigenvalue weighted by Gasteiger charge is -2.09. The van der Waals surface area contributed by atoms with E-state index >= 15 is 0 Å². The third-order valence-electron chi connectivity index (χ3n) is 6.80. The summed E-state index contributed by atoms with van der Waals surface area (Å²) in [5, 5.41) is 34.0. The van der Waals surface area contributed by atoms with Gasteiger partial charge in [-0.2, -0.15) is 4.57 Å². The van der Waals surface area contributed by atoms with Gasteiger partial charge in [-0.05, 0) is 43.1 Å². The second-order valence-corrected chi connectivity index (χ2v) is 10.4. The molecular weight excluding hydrogens is 558 g/mol. The number of aromatic nitrogens is 2. The number of amides is 2. The Morgan fingerprint density at radius 3 is 2.34 bits per heavy atom. The zero-order chi connectivity index (χ0) is 31.5. The lowest BCUT2D eigenvalue weighted by atomic mass is 9.79. The summed E-state index contributed by atoms with van der Waals surface area (Å²) < 4.78 is 9.13. The average molecular weight is 594 g/mol.